The Morgan fingerprint density at radius 3 is 2.75 bits per heavy atom. The van der Waals surface area contributed by atoms with E-state index in [9.17, 15) is 4.79 Å². The second kappa shape index (κ2) is 5.75. The molecule has 0 radical (unpaired) electrons. The number of rotatable bonds is 4. The molecule has 0 bridgehead atoms. The van der Waals surface area contributed by atoms with Gasteiger partial charge < -0.3 is 5.73 Å². The molecular formula is C7H8N2OS2. The Labute approximate surface area is 80.7 Å². The molecular weight excluding hydrogens is 192 g/mol. The minimum Gasteiger partial charge on any atom is -0.365 e. The van der Waals surface area contributed by atoms with E-state index in [-0.39, 0.29) is 5.57 Å². The number of carbonyl (C=O) groups excluding carboxylic acids is 1. The molecule has 5 heteroatoms. The molecule has 0 spiro atoms. The van der Waals surface area contributed by atoms with Gasteiger partial charge in [-0.15, -0.1) is 31.0 Å². The highest BCUT2D eigenvalue weighted by molar-refractivity contribution is 8.15. The summed E-state index contributed by atoms with van der Waals surface area (Å²) in [5.74, 6) is -0.156. The van der Waals surface area contributed by atoms with E-state index in [1.165, 1.54) is 11.8 Å². The van der Waals surface area contributed by atoms with E-state index in [0.717, 1.165) is 0 Å². The monoisotopic (exact) mass is 200 g/mol. The fourth-order valence-electron chi connectivity index (χ4n) is 0.418. The van der Waals surface area contributed by atoms with Crippen molar-refractivity contribution in [2.24, 2.45) is 5.73 Å². The van der Waals surface area contributed by atoms with E-state index in [1.807, 2.05) is 0 Å². The van der Waals surface area contributed by atoms with Gasteiger partial charge in [0.1, 0.15) is 11.6 Å². The summed E-state index contributed by atoms with van der Waals surface area (Å²) in [6.45, 7) is 3.49. The van der Waals surface area contributed by atoms with Gasteiger partial charge in [-0.05, 0) is 0 Å². The molecule has 12 heavy (non-hydrogen) atoms. The van der Waals surface area contributed by atoms with Crippen LogP contribution in [0, 0.1) is 11.3 Å². The number of carbonyl (C=O) groups is 1. The van der Waals surface area contributed by atoms with E-state index in [0.29, 0.717) is 9.99 Å². The molecule has 0 aromatic carbocycles. The first kappa shape index (κ1) is 11.1. The summed E-state index contributed by atoms with van der Waals surface area (Å²) in [4.78, 5) is 10.6. The van der Waals surface area contributed by atoms with Gasteiger partial charge in [0, 0.05) is 5.75 Å². The van der Waals surface area contributed by atoms with Crippen LogP contribution in [0.3, 0.4) is 0 Å². The first-order valence-corrected chi connectivity index (χ1v) is 4.43. The molecule has 0 aromatic heterocycles. The van der Waals surface area contributed by atoms with Gasteiger partial charge in [0.25, 0.3) is 5.91 Å². The van der Waals surface area contributed by atoms with Gasteiger partial charge in [-0.3, -0.25) is 4.79 Å². The van der Waals surface area contributed by atoms with Crippen LogP contribution in [0.25, 0.3) is 0 Å². The van der Waals surface area contributed by atoms with Crippen molar-refractivity contribution in [3.05, 3.63) is 22.5 Å². The highest BCUT2D eigenvalue weighted by atomic mass is 32.2. The number of primary amides is 1. The van der Waals surface area contributed by atoms with Crippen LogP contribution in [0.1, 0.15) is 0 Å². The standard InChI is InChI=1S/C7H8N2OS2/c1-2-3-12-7(11)5(4-8)6(9)10/h2,11H,1,3H2,(H2,9,10)/b7-5-. The van der Waals surface area contributed by atoms with Crippen LogP contribution in [-0.4, -0.2) is 11.7 Å². The van der Waals surface area contributed by atoms with Gasteiger partial charge in [-0.1, -0.05) is 6.08 Å². The average molecular weight is 200 g/mol. The van der Waals surface area contributed by atoms with Crippen LogP contribution < -0.4 is 5.73 Å². The van der Waals surface area contributed by atoms with E-state index < -0.39 is 5.91 Å². The van der Waals surface area contributed by atoms with Crippen LogP contribution in [0.15, 0.2) is 22.5 Å². The number of nitrogens with zero attached hydrogens (tertiary/aromatic N) is 1. The molecule has 2 N–H and O–H groups in total. The number of amides is 1. The predicted octanol–water partition coefficient (Wildman–Crippen LogP) is 1.06. The lowest BCUT2D eigenvalue weighted by molar-refractivity contribution is -0.114. The quantitative estimate of drug-likeness (QED) is 0.308. The lowest BCUT2D eigenvalue weighted by atomic mass is 10.3. The summed E-state index contributed by atoms with van der Waals surface area (Å²) < 4.78 is 0.338. The lowest BCUT2D eigenvalue weighted by Crippen LogP contribution is -2.13. The van der Waals surface area contributed by atoms with Crippen molar-refractivity contribution in [3.63, 3.8) is 0 Å². The Bertz CT molecular complexity index is 265. The first-order chi connectivity index (χ1) is 5.63. The molecule has 0 saturated carbocycles. The zero-order valence-corrected chi connectivity index (χ0v) is 7.99. The normalized spacial score (nSPS) is 11.3. The second-order valence-corrected chi connectivity index (χ2v) is 3.54. The highest BCUT2D eigenvalue weighted by Crippen LogP contribution is 2.22. The fourth-order valence-corrected chi connectivity index (χ4v) is 1.37. The Kier molecular flexibility index (Phi) is 5.34. The summed E-state index contributed by atoms with van der Waals surface area (Å²) >= 11 is 5.19. The second-order valence-electron chi connectivity index (χ2n) is 1.76. The van der Waals surface area contributed by atoms with Gasteiger partial charge >= 0.3 is 0 Å². The highest BCUT2D eigenvalue weighted by Gasteiger charge is 2.08. The maximum absolute atomic E-state index is 10.6. The minimum absolute atomic E-state index is 0.106. The van der Waals surface area contributed by atoms with Crippen LogP contribution in [-0.2, 0) is 4.79 Å². The summed E-state index contributed by atoms with van der Waals surface area (Å²) in [6.07, 6.45) is 1.65. The molecule has 0 aliphatic heterocycles. The molecule has 3 nitrogen and oxygen atoms in total. The summed E-state index contributed by atoms with van der Waals surface area (Å²) in [6, 6.07) is 1.68. The molecule has 0 aromatic rings. The zero-order chi connectivity index (χ0) is 9.56. The molecule has 64 valence electrons. The van der Waals surface area contributed by atoms with Gasteiger partial charge in [-0.2, -0.15) is 5.26 Å². The Balaban J connectivity index is 4.52. The molecule has 0 unspecified atom stereocenters. The first-order valence-electron chi connectivity index (χ1n) is 3.00. The predicted molar refractivity (Wildman–Crippen MR) is 53.5 cm³/mol. The number of hydrogen-bond donors (Lipinski definition) is 2. The molecule has 0 saturated heterocycles. The molecule has 0 heterocycles. The third-order valence-corrected chi connectivity index (χ3v) is 2.40. The van der Waals surface area contributed by atoms with E-state index in [2.05, 4.69) is 19.2 Å². The average Bonchev–Trinajstić information content (AvgIpc) is 2.01. The maximum atomic E-state index is 10.6. The van der Waals surface area contributed by atoms with Crippen molar-refractivity contribution >= 4 is 30.3 Å². The molecule has 0 atom stereocenters. The number of thioether (sulfide) groups is 1. The molecule has 0 rings (SSSR count). The number of thiol groups is 1. The Hall–Kier alpha value is -0.860. The van der Waals surface area contributed by atoms with Crippen LogP contribution in [0.5, 0.6) is 0 Å². The van der Waals surface area contributed by atoms with Crippen molar-refractivity contribution in [2.45, 2.75) is 0 Å². The van der Waals surface area contributed by atoms with E-state index in [4.69, 9.17) is 11.0 Å². The van der Waals surface area contributed by atoms with Gasteiger partial charge in [0.2, 0.25) is 0 Å². The topological polar surface area (TPSA) is 66.9 Å². The molecule has 0 aliphatic rings. The third kappa shape index (κ3) is 3.51. The van der Waals surface area contributed by atoms with Crippen molar-refractivity contribution < 1.29 is 4.79 Å². The third-order valence-electron chi connectivity index (χ3n) is 0.910. The van der Waals surface area contributed by atoms with Crippen LogP contribution >= 0.6 is 24.4 Å². The Morgan fingerprint density at radius 1 is 1.83 bits per heavy atom. The van der Waals surface area contributed by atoms with Gasteiger partial charge in [-0.25, -0.2) is 0 Å². The Morgan fingerprint density at radius 2 is 2.42 bits per heavy atom. The number of nitriles is 1. The van der Waals surface area contributed by atoms with Crippen molar-refractivity contribution in [3.8, 4) is 6.07 Å². The maximum Gasteiger partial charge on any atom is 0.261 e. The summed E-state index contributed by atoms with van der Waals surface area (Å²) in [5, 5.41) is 8.47. The number of hydrogen-bond acceptors (Lipinski definition) is 4. The lowest BCUT2D eigenvalue weighted by Gasteiger charge is -1.97. The zero-order valence-electron chi connectivity index (χ0n) is 6.28. The largest absolute Gasteiger partial charge is 0.365 e. The summed E-state index contributed by atoms with van der Waals surface area (Å²) in [5.41, 5.74) is 4.81. The smallest absolute Gasteiger partial charge is 0.261 e. The SMILES string of the molecule is C=CCS/C(S)=C(/C#N)C(N)=O. The van der Waals surface area contributed by atoms with Crippen LogP contribution in [0.2, 0.25) is 0 Å². The fraction of sp³-hybridized carbons (Fsp3) is 0.143. The number of nitrogens with two attached hydrogens (primary N) is 1. The molecule has 1 amide bonds. The molecule has 0 aliphatic carbocycles. The van der Waals surface area contributed by atoms with E-state index in [1.54, 1.807) is 12.1 Å². The molecule has 0 fully saturated rings. The van der Waals surface area contributed by atoms with E-state index >= 15 is 0 Å². The summed E-state index contributed by atoms with van der Waals surface area (Å²) in [7, 11) is 0. The van der Waals surface area contributed by atoms with Gasteiger partial charge in [0.05, 0.1) is 4.24 Å². The van der Waals surface area contributed by atoms with Crippen molar-refractivity contribution in [2.75, 3.05) is 5.75 Å². The minimum atomic E-state index is -0.751. The van der Waals surface area contributed by atoms with Crippen molar-refractivity contribution in [1.29, 1.82) is 5.26 Å². The van der Waals surface area contributed by atoms with Gasteiger partial charge in [0.15, 0.2) is 0 Å². The van der Waals surface area contributed by atoms with Crippen molar-refractivity contribution in [1.82, 2.24) is 0 Å². The van der Waals surface area contributed by atoms with Crippen LogP contribution in [0.4, 0.5) is 0 Å².